The number of aliphatic hydroxyl groups is 2. The second-order valence-electron chi connectivity index (χ2n) is 8.92. The molecule has 1 aliphatic rings. The Kier molecular flexibility index (Phi) is 6.15. The van der Waals surface area contributed by atoms with Crippen molar-refractivity contribution in [1.82, 2.24) is 19.1 Å². The van der Waals surface area contributed by atoms with Gasteiger partial charge in [0.1, 0.15) is 5.02 Å². The minimum Gasteiger partial charge on any atom is -0.394 e. The maximum absolute atomic E-state index is 12.7. The van der Waals surface area contributed by atoms with Gasteiger partial charge in [-0.3, -0.25) is 9.13 Å². The quantitative estimate of drug-likeness (QED) is 0.497. The summed E-state index contributed by atoms with van der Waals surface area (Å²) in [6.07, 6.45) is 3.89. The Morgan fingerprint density at radius 2 is 2.09 bits per heavy atom. The number of benzene rings is 1. The van der Waals surface area contributed by atoms with E-state index in [1.807, 2.05) is 23.1 Å². The van der Waals surface area contributed by atoms with Crippen molar-refractivity contribution in [3.05, 3.63) is 39.9 Å². The number of anilines is 3. The van der Waals surface area contributed by atoms with Crippen molar-refractivity contribution in [3.63, 3.8) is 0 Å². The van der Waals surface area contributed by atoms with Crippen LogP contribution in [0.4, 0.5) is 17.5 Å². The Morgan fingerprint density at radius 1 is 1.31 bits per heavy atom. The van der Waals surface area contributed by atoms with Crippen LogP contribution in [0.2, 0.25) is 5.02 Å². The van der Waals surface area contributed by atoms with Gasteiger partial charge in [0.05, 0.1) is 35.5 Å². The zero-order chi connectivity index (χ0) is 23.0. The molecule has 1 aliphatic heterocycles. The van der Waals surface area contributed by atoms with Crippen LogP contribution in [-0.2, 0) is 13.6 Å². The second-order valence-corrected chi connectivity index (χ2v) is 9.33. The molecule has 3 N–H and O–H groups in total. The highest BCUT2D eigenvalue weighted by atomic mass is 35.5. The van der Waals surface area contributed by atoms with Crippen LogP contribution in [0.25, 0.3) is 11.0 Å². The van der Waals surface area contributed by atoms with Crippen molar-refractivity contribution >= 4 is 40.1 Å². The lowest BCUT2D eigenvalue weighted by Crippen LogP contribution is -2.33. The third kappa shape index (κ3) is 4.46. The molecule has 3 aromatic rings. The lowest BCUT2D eigenvalue weighted by Gasteiger charge is -2.23. The van der Waals surface area contributed by atoms with Crippen molar-refractivity contribution in [2.75, 3.05) is 23.4 Å². The Labute approximate surface area is 191 Å². The van der Waals surface area contributed by atoms with Gasteiger partial charge in [-0.15, -0.1) is 0 Å². The van der Waals surface area contributed by atoms with E-state index in [1.165, 1.54) is 0 Å². The molecule has 9 nitrogen and oxygen atoms in total. The number of hydrogen-bond acceptors (Lipinski definition) is 7. The molecular formula is C22H29ClN6O3. The molecule has 1 saturated heterocycles. The molecular weight excluding hydrogens is 432 g/mol. The van der Waals surface area contributed by atoms with Crippen molar-refractivity contribution < 1.29 is 10.2 Å². The van der Waals surface area contributed by atoms with Gasteiger partial charge in [-0.05, 0) is 51.3 Å². The van der Waals surface area contributed by atoms with Crippen LogP contribution in [0.1, 0.15) is 33.1 Å². The summed E-state index contributed by atoms with van der Waals surface area (Å²) in [5, 5.41) is 23.3. The summed E-state index contributed by atoms with van der Waals surface area (Å²) in [4.78, 5) is 23.7. The predicted octanol–water partition coefficient (Wildman–Crippen LogP) is 2.65. The summed E-state index contributed by atoms with van der Waals surface area (Å²) in [5.41, 5.74) is 1.29. The first kappa shape index (κ1) is 22.6. The maximum atomic E-state index is 12.7. The van der Waals surface area contributed by atoms with Crippen molar-refractivity contribution in [2.45, 2.75) is 51.3 Å². The van der Waals surface area contributed by atoms with E-state index < -0.39 is 5.60 Å². The summed E-state index contributed by atoms with van der Waals surface area (Å²) < 4.78 is 3.27. The molecule has 10 heteroatoms. The van der Waals surface area contributed by atoms with E-state index in [4.69, 9.17) is 11.6 Å². The number of nitrogens with zero attached hydrogens (tertiary/aromatic N) is 5. The van der Waals surface area contributed by atoms with E-state index in [0.29, 0.717) is 29.8 Å². The van der Waals surface area contributed by atoms with Crippen LogP contribution in [0.15, 0.2) is 29.2 Å². The molecule has 0 aliphatic carbocycles. The first-order valence-corrected chi connectivity index (χ1v) is 11.1. The van der Waals surface area contributed by atoms with Gasteiger partial charge in [0.2, 0.25) is 5.95 Å². The summed E-state index contributed by atoms with van der Waals surface area (Å²) in [6.45, 7) is 4.70. The Bertz CT molecular complexity index is 1180. The molecule has 2 aromatic heterocycles. The molecule has 3 heterocycles. The molecule has 1 aromatic carbocycles. The fourth-order valence-electron chi connectivity index (χ4n) is 4.10. The topological polar surface area (TPSA) is 108 Å². The van der Waals surface area contributed by atoms with Gasteiger partial charge in [-0.2, -0.15) is 4.98 Å². The van der Waals surface area contributed by atoms with Crippen LogP contribution in [0, 0.1) is 0 Å². The van der Waals surface area contributed by atoms with Gasteiger partial charge in [0.25, 0.3) is 0 Å². The van der Waals surface area contributed by atoms with Crippen molar-refractivity contribution in [3.8, 4) is 0 Å². The first-order valence-electron chi connectivity index (χ1n) is 10.8. The van der Waals surface area contributed by atoms with E-state index >= 15 is 0 Å². The molecule has 172 valence electrons. The third-order valence-electron chi connectivity index (χ3n) is 5.93. The van der Waals surface area contributed by atoms with Gasteiger partial charge in [0, 0.05) is 25.8 Å². The highest BCUT2D eigenvalue weighted by Crippen LogP contribution is 2.29. The molecule has 0 saturated carbocycles. The number of aryl methyl sites for hydroxylation is 2. The average molecular weight is 461 g/mol. The Morgan fingerprint density at radius 3 is 2.81 bits per heavy atom. The summed E-state index contributed by atoms with van der Waals surface area (Å²) in [5.74, 6) is 0.984. The summed E-state index contributed by atoms with van der Waals surface area (Å²) in [7, 11) is 1.74. The number of aromatic nitrogens is 4. The fraction of sp³-hybridized carbons (Fsp3) is 0.500. The van der Waals surface area contributed by atoms with Crippen LogP contribution < -0.4 is 15.9 Å². The number of hydrogen-bond donors (Lipinski definition) is 3. The smallest absolute Gasteiger partial charge is 0.328 e. The SMILES string of the molecule is Cn1c(=O)n(CCC(C)(C)O)c2cc(Nc3nc(N4CCCC4CO)ncc3Cl)ccc21. The fourth-order valence-corrected chi connectivity index (χ4v) is 4.24. The molecule has 1 unspecified atom stereocenters. The normalized spacial score (nSPS) is 16.8. The molecule has 32 heavy (non-hydrogen) atoms. The Hall–Kier alpha value is -2.62. The number of imidazole rings is 1. The highest BCUT2D eigenvalue weighted by molar-refractivity contribution is 6.32. The third-order valence-corrected chi connectivity index (χ3v) is 6.21. The monoisotopic (exact) mass is 460 g/mol. The van der Waals surface area contributed by atoms with Gasteiger partial charge in [0.15, 0.2) is 5.82 Å². The van der Waals surface area contributed by atoms with Gasteiger partial charge < -0.3 is 20.4 Å². The number of nitrogens with one attached hydrogen (secondary N) is 1. The summed E-state index contributed by atoms with van der Waals surface area (Å²) in [6, 6.07) is 5.63. The molecule has 1 atom stereocenters. The first-order chi connectivity index (χ1) is 15.2. The lowest BCUT2D eigenvalue weighted by molar-refractivity contribution is 0.0662. The number of fused-ring (bicyclic) bond motifs is 1. The molecule has 1 fully saturated rings. The average Bonchev–Trinajstić information content (AvgIpc) is 3.31. The van der Waals surface area contributed by atoms with Gasteiger partial charge in [-0.1, -0.05) is 11.6 Å². The zero-order valence-corrected chi connectivity index (χ0v) is 19.3. The number of rotatable bonds is 7. The standard InChI is InChI=1S/C22H29ClN6O3/c1-22(2,32)8-10-29-18-11-14(6-7-17(18)27(3)21(29)31)25-19-16(23)12-24-20(26-19)28-9-4-5-15(28)13-30/h6-7,11-12,15,30,32H,4-5,8-10,13H2,1-3H3,(H,24,25,26). The largest absolute Gasteiger partial charge is 0.394 e. The van der Waals surface area contributed by atoms with Crippen LogP contribution in [-0.4, -0.2) is 54.1 Å². The lowest BCUT2D eigenvalue weighted by atomic mass is 10.1. The molecule has 4 rings (SSSR count). The minimum atomic E-state index is -0.871. The van der Waals surface area contributed by atoms with Crippen LogP contribution >= 0.6 is 11.6 Å². The maximum Gasteiger partial charge on any atom is 0.328 e. The van der Waals surface area contributed by atoms with E-state index in [0.717, 1.165) is 36.1 Å². The zero-order valence-electron chi connectivity index (χ0n) is 18.5. The van der Waals surface area contributed by atoms with E-state index in [-0.39, 0.29) is 18.3 Å². The van der Waals surface area contributed by atoms with E-state index in [9.17, 15) is 15.0 Å². The van der Waals surface area contributed by atoms with Crippen molar-refractivity contribution in [2.24, 2.45) is 7.05 Å². The second kappa shape index (κ2) is 8.73. The van der Waals surface area contributed by atoms with E-state index in [2.05, 4.69) is 15.3 Å². The molecule has 0 radical (unpaired) electrons. The van der Waals surface area contributed by atoms with Gasteiger partial charge in [-0.25, -0.2) is 9.78 Å². The van der Waals surface area contributed by atoms with Crippen LogP contribution in [0.5, 0.6) is 0 Å². The molecule has 0 amide bonds. The molecule has 0 bridgehead atoms. The van der Waals surface area contributed by atoms with E-state index in [1.54, 1.807) is 36.2 Å². The Balaban J connectivity index is 1.66. The highest BCUT2D eigenvalue weighted by Gasteiger charge is 2.26. The predicted molar refractivity (Wildman–Crippen MR) is 126 cm³/mol. The summed E-state index contributed by atoms with van der Waals surface area (Å²) >= 11 is 6.36. The van der Waals surface area contributed by atoms with Crippen molar-refractivity contribution in [1.29, 1.82) is 0 Å². The molecule has 0 spiro atoms. The van der Waals surface area contributed by atoms with Crippen LogP contribution in [0.3, 0.4) is 0 Å². The number of aliphatic hydroxyl groups excluding tert-OH is 1. The minimum absolute atomic E-state index is 0.00917. The van der Waals surface area contributed by atoms with Gasteiger partial charge >= 0.3 is 5.69 Å². The number of halogens is 1.